The second-order valence-corrected chi connectivity index (χ2v) is 4.30. The summed E-state index contributed by atoms with van der Waals surface area (Å²) in [6.45, 7) is 2.96. The Labute approximate surface area is 91.3 Å². The van der Waals surface area contributed by atoms with E-state index in [9.17, 15) is 17.6 Å². The van der Waals surface area contributed by atoms with Crippen LogP contribution in [0.15, 0.2) is 24.3 Å². The van der Waals surface area contributed by atoms with Crippen molar-refractivity contribution < 1.29 is 17.6 Å². The van der Waals surface area contributed by atoms with Gasteiger partial charge in [-0.3, -0.25) is 0 Å². The summed E-state index contributed by atoms with van der Waals surface area (Å²) < 4.78 is 50.4. The fourth-order valence-electron chi connectivity index (χ4n) is 1.27. The zero-order chi connectivity index (χ0) is 12.6. The molecule has 1 aromatic carbocycles. The number of benzene rings is 1. The minimum absolute atomic E-state index is 0.153. The number of rotatable bonds is 2. The highest BCUT2D eigenvalue weighted by molar-refractivity contribution is 5.27. The van der Waals surface area contributed by atoms with Gasteiger partial charge < -0.3 is 5.73 Å². The Balaban J connectivity index is 2.96. The molecule has 0 spiro atoms. The molecule has 2 N–H and O–H groups in total. The van der Waals surface area contributed by atoms with Crippen LogP contribution >= 0.6 is 0 Å². The molecule has 0 fully saturated rings. The second-order valence-electron chi connectivity index (χ2n) is 4.30. The Morgan fingerprint density at radius 1 is 1.06 bits per heavy atom. The van der Waals surface area contributed by atoms with Crippen LogP contribution in [0.25, 0.3) is 0 Å². The first-order valence-corrected chi connectivity index (χ1v) is 4.72. The van der Waals surface area contributed by atoms with Crippen LogP contribution in [0.3, 0.4) is 0 Å². The van der Waals surface area contributed by atoms with Crippen LogP contribution in [-0.4, -0.2) is 5.54 Å². The highest BCUT2D eigenvalue weighted by Crippen LogP contribution is 2.32. The van der Waals surface area contributed by atoms with E-state index < -0.39 is 23.5 Å². The standard InChI is InChI=1S/C11H13F4N/c1-10(2,16)9(12)7-3-5-8(6-4-7)11(13,14)15/h3-6,9H,16H2,1-2H3. The van der Waals surface area contributed by atoms with Crippen molar-refractivity contribution >= 4 is 0 Å². The molecule has 0 saturated carbocycles. The van der Waals surface area contributed by atoms with Gasteiger partial charge in [0.1, 0.15) is 6.17 Å². The number of hydrogen-bond donors (Lipinski definition) is 1. The molecular formula is C11H13F4N. The highest BCUT2D eigenvalue weighted by Gasteiger charge is 2.31. The largest absolute Gasteiger partial charge is 0.416 e. The molecule has 0 saturated heterocycles. The van der Waals surface area contributed by atoms with Crippen LogP contribution in [0.1, 0.15) is 31.1 Å². The summed E-state index contributed by atoms with van der Waals surface area (Å²) in [5.74, 6) is 0. The fourth-order valence-corrected chi connectivity index (χ4v) is 1.27. The van der Waals surface area contributed by atoms with E-state index in [2.05, 4.69) is 0 Å². The molecule has 1 rings (SSSR count). The SMILES string of the molecule is CC(C)(N)C(F)c1ccc(C(F)(F)F)cc1. The van der Waals surface area contributed by atoms with E-state index in [1.807, 2.05) is 0 Å². The van der Waals surface area contributed by atoms with Gasteiger partial charge in [0.2, 0.25) is 0 Å². The third-order valence-electron chi connectivity index (χ3n) is 2.18. The van der Waals surface area contributed by atoms with Crippen molar-refractivity contribution in [2.45, 2.75) is 31.7 Å². The normalized spacial score (nSPS) is 14.9. The summed E-state index contributed by atoms with van der Waals surface area (Å²) in [6, 6.07) is 3.94. The van der Waals surface area contributed by atoms with Crippen molar-refractivity contribution in [3.8, 4) is 0 Å². The lowest BCUT2D eigenvalue weighted by molar-refractivity contribution is -0.137. The Morgan fingerprint density at radius 3 is 1.81 bits per heavy atom. The lowest BCUT2D eigenvalue weighted by Crippen LogP contribution is -2.37. The zero-order valence-electron chi connectivity index (χ0n) is 8.98. The van der Waals surface area contributed by atoms with E-state index in [1.54, 1.807) is 0 Å². The average Bonchev–Trinajstić information content (AvgIpc) is 2.14. The Kier molecular flexibility index (Phi) is 3.28. The van der Waals surface area contributed by atoms with Crippen molar-refractivity contribution in [1.82, 2.24) is 0 Å². The van der Waals surface area contributed by atoms with E-state index >= 15 is 0 Å². The maximum Gasteiger partial charge on any atom is 0.416 e. The van der Waals surface area contributed by atoms with Crippen LogP contribution in [0.4, 0.5) is 17.6 Å². The maximum atomic E-state index is 13.7. The predicted molar refractivity (Wildman–Crippen MR) is 53.6 cm³/mol. The van der Waals surface area contributed by atoms with Crippen molar-refractivity contribution in [2.24, 2.45) is 5.73 Å². The van der Waals surface area contributed by atoms with Gasteiger partial charge >= 0.3 is 6.18 Å². The fraction of sp³-hybridized carbons (Fsp3) is 0.455. The van der Waals surface area contributed by atoms with Crippen LogP contribution in [-0.2, 0) is 6.18 Å². The number of halogens is 4. The van der Waals surface area contributed by atoms with Gasteiger partial charge in [-0.1, -0.05) is 12.1 Å². The molecule has 0 aliphatic carbocycles. The summed E-state index contributed by atoms with van der Waals surface area (Å²) in [4.78, 5) is 0. The van der Waals surface area contributed by atoms with Gasteiger partial charge in [-0.25, -0.2) is 4.39 Å². The molecule has 0 bridgehead atoms. The first-order valence-electron chi connectivity index (χ1n) is 4.72. The quantitative estimate of drug-likeness (QED) is 0.780. The van der Waals surface area contributed by atoms with E-state index in [1.165, 1.54) is 13.8 Å². The van der Waals surface area contributed by atoms with Gasteiger partial charge in [-0.15, -0.1) is 0 Å². The Morgan fingerprint density at radius 2 is 1.50 bits per heavy atom. The van der Waals surface area contributed by atoms with Crippen LogP contribution in [0.2, 0.25) is 0 Å². The van der Waals surface area contributed by atoms with Crippen molar-refractivity contribution in [2.75, 3.05) is 0 Å². The summed E-state index contributed by atoms with van der Waals surface area (Å²) >= 11 is 0. The summed E-state index contributed by atoms with van der Waals surface area (Å²) in [5.41, 5.74) is 3.79. The zero-order valence-corrected chi connectivity index (χ0v) is 8.98. The molecule has 0 aromatic heterocycles. The molecule has 1 atom stereocenters. The van der Waals surface area contributed by atoms with Gasteiger partial charge in [0.05, 0.1) is 5.56 Å². The molecular weight excluding hydrogens is 222 g/mol. The number of hydrogen-bond acceptors (Lipinski definition) is 1. The maximum absolute atomic E-state index is 13.7. The van der Waals surface area contributed by atoms with Gasteiger partial charge in [0.25, 0.3) is 0 Å². The van der Waals surface area contributed by atoms with Gasteiger partial charge in [0.15, 0.2) is 0 Å². The number of alkyl halides is 4. The monoisotopic (exact) mass is 235 g/mol. The third kappa shape index (κ3) is 2.95. The molecule has 0 aliphatic rings. The smallest absolute Gasteiger partial charge is 0.323 e. The molecule has 0 heterocycles. The average molecular weight is 235 g/mol. The first kappa shape index (κ1) is 13.0. The summed E-state index contributed by atoms with van der Waals surface area (Å²) in [7, 11) is 0. The molecule has 0 radical (unpaired) electrons. The predicted octanol–water partition coefficient (Wildman–Crippen LogP) is 3.45. The molecule has 1 nitrogen and oxygen atoms in total. The van der Waals surface area contributed by atoms with Crippen LogP contribution in [0.5, 0.6) is 0 Å². The third-order valence-corrected chi connectivity index (χ3v) is 2.18. The minimum atomic E-state index is -4.40. The Bertz CT molecular complexity index is 348. The van der Waals surface area contributed by atoms with Gasteiger partial charge in [-0.2, -0.15) is 13.2 Å². The number of nitrogens with two attached hydrogens (primary N) is 1. The first-order chi connectivity index (χ1) is 7.12. The van der Waals surface area contributed by atoms with Crippen molar-refractivity contribution in [3.63, 3.8) is 0 Å². The Hall–Kier alpha value is -1.10. The lowest BCUT2D eigenvalue weighted by Gasteiger charge is -2.24. The lowest BCUT2D eigenvalue weighted by atomic mass is 9.93. The van der Waals surface area contributed by atoms with Crippen molar-refractivity contribution in [1.29, 1.82) is 0 Å². The van der Waals surface area contributed by atoms with Crippen LogP contribution < -0.4 is 5.73 Å². The highest BCUT2D eigenvalue weighted by atomic mass is 19.4. The summed E-state index contributed by atoms with van der Waals surface area (Å²) in [5, 5.41) is 0. The second kappa shape index (κ2) is 4.05. The van der Waals surface area contributed by atoms with E-state index in [4.69, 9.17) is 5.73 Å². The van der Waals surface area contributed by atoms with E-state index in [0.29, 0.717) is 0 Å². The van der Waals surface area contributed by atoms with Gasteiger partial charge in [-0.05, 0) is 31.5 Å². The minimum Gasteiger partial charge on any atom is -0.323 e. The molecule has 1 aromatic rings. The molecule has 16 heavy (non-hydrogen) atoms. The summed E-state index contributed by atoms with van der Waals surface area (Å²) in [6.07, 6.45) is -5.89. The van der Waals surface area contributed by atoms with E-state index in [-0.39, 0.29) is 5.56 Å². The molecule has 1 unspecified atom stereocenters. The van der Waals surface area contributed by atoms with E-state index in [0.717, 1.165) is 24.3 Å². The topological polar surface area (TPSA) is 26.0 Å². The molecule has 0 amide bonds. The molecule has 5 heteroatoms. The van der Waals surface area contributed by atoms with Crippen molar-refractivity contribution in [3.05, 3.63) is 35.4 Å². The van der Waals surface area contributed by atoms with Crippen LogP contribution in [0, 0.1) is 0 Å². The molecule has 90 valence electrons. The van der Waals surface area contributed by atoms with Gasteiger partial charge in [0, 0.05) is 5.54 Å². The molecule has 0 aliphatic heterocycles.